The molecule has 1 amide bonds. The summed E-state index contributed by atoms with van der Waals surface area (Å²) >= 11 is 0. The van der Waals surface area contributed by atoms with E-state index in [1.54, 1.807) is 32.0 Å². The molecule has 0 radical (unpaired) electrons. The van der Waals surface area contributed by atoms with Crippen molar-refractivity contribution in [3.8, 4) is 5.75 Å². The molecule has 1 rings (SSSR count). The molecule has 1 aromatic rings. The second-order valence-electron chi connectivity index (χ2n) is 6.50. The predicted molar refractivity (Wildman–Crippen MR) is 106 cm³/mol. The minimum Gasteiger partial charge on any atom is -0.493 e. The van der Waals surface area contributed by atoms with Gasteiger partial charge in [-0.3, -0.25) is 4.79 Å². The van der Waals surface area contributed by atoms with Gasteiger partial charge in [0.2, 0.25) is 0 Å². The molecule has 0 aliphatic rings. The Labute approximate surface area is 162 Å². The van der Waals surface area contributed by atoms with Gasteiger partial charge in [-0.2, -0.15) is 0 Å². The Bertz CT molecular complexity index is 617. The lowest BCUT2D eigenvalue weighted by Gasteiger charge is -2.28. The molecule has 152 valence electrons. The van der Waals surface area contributed by atoms with Crippen molar-refractivity contribution in [2.45, 2.75) is 65.9 Å². The van der Waals surface area contributed by atoms with Crippen LogP contribution in [0.5, 0.6) is 5.75 Å². The van der Waals surface area contributed by atoms with E-state index in [9.17, 15) is 9.59 Å². The van der Waals surface area contributed by atoms with Gasteiger partial charge in [0.1, 0.15) is 16.9 Å². The SMILES string of the molecule is CCCC[C@](C)(OCC)C(=O)Nc1ccc(OCCC)c(C(=O)OCC)c1. The van der Waals surface area contributed by atoms with Crippen LogP contribution in [0.3, 0.4) is 0 Å². The van der Waals surface area contributed by atoms with E-state index in [0.717, 1.165) is 19.3 Å². The molecule has 0 heterocycles. The number of ether oxygens (including phenoxy) is 3. The number of carbonyl (C=O) groups is 2. The van der Waals surface area contributed by atoms with Crippen LogP contribution in [0, 0.1) is 0 Å². The first-order chi connectivity index (χ1) is 12.9. The standard InChI is InChI=1S/C21H33NO5/c1-6-10-13-21(5,27-9-4)20(24)22-16-11-12-18(26-14-7-2)17(15-16)19(23)25-8-3/h11-12,15H,6-10,13-14H2,1-5H3,(H,22,24)/t21-/m0/s1. The van der Waals surface area contributed by atoms with Gasteiger partial charge in [0.15, 0.2) is 0 Å². The van der Waals surface area contributed by atoms with Crippen LogP contribution in [0.4, 0.5) is 5.69 Å². The summed E-state index contributed by atoms with van der Waals surface area (Å²) in [5.41, 5.74) is -0.101. The molecule has 6 nitrogen and oxygen atoms in total. The maximum Gasteiger partial charge on any atom is 0.341 e. The lowest BCUT2D eigenvalue weighted by molar-refractivity contribution is -0.139. The second-order valence-corrected chi connectivity index (χ2v) is 6.50. The topological polar surface area (TPSA) is 73.9 Å². The van der Waals surface area contributed by atoms with Gasteiger partial charge in [-0.25, -0.2) is 4.79 Å². The third-order valence-corrected chi connectivity index (χ3v) is 4.15. The molecule has 6 heteroatoms. The van der Waals surface area contributed by atoms with Crippen molar-refractivity contribution in [3.63, 3.8) is 0 Å². The summed E-state index contributed by atoms with van der Waals surface area (Å²) in [5, 5.41) is 2.87. The van der Waals surface area contributed by atoms with Crippen LogP contribution in [0.2, 0.25) is 0 Å². The van der Waals surface area contributed by atoms with Gasteiger partial charge in [0, 0.05) is 12.3 Å². The molecule has 0 aromatic heterocycles. The van der Waals surface area contributed by atoms with E-state index in [1.165, 1.54) is 0 Å². The maximum absolute atomic E-state index is 12.8. The average molecular weight is 379 g/mol. The van der Waals surface area contributed by atoms with Gasteiger partial charge < -0.3 is 19.5 Å². The van der Waals surface area contributed by atoms with Crippen molar-refractivity contribution < 1.29 is 23.8 Å². The van der Waals surface area contributed by atoms with Crippen molar-refractivity contribution >= 4 is 17.6 Å². The third-order valence-electron chi connectivity index (χ3n) is 4.15. The summed E-state index contributed by atoms with van der Waals surface area (Å²) in [5.74, 6) is -0.250. The van der Waals surface area contributed by atoms with Gasteiger partial charge in [-0.1, -0.05) is 26.7 Å². The summed E-state index contributed by atoms with van der Waals surface area (Å²) in [6.45, 7) is 10.7. The third kappa shape index (κ3) is 6.86. The highest BCUT2D eigenvalue weighted by molar-refractivity contribution is 5.99. The van der Waals surface area contributed by atoms with Gasteiger partial charge in [-0.15, -0.1) is 0 Å². The van der Waals surface area contributed by atoms with E-state index in [1.807, 2.05) is 13.8 Å². The fourth-order valence-corrected chi connectivity index (χ4v) is 2.66. The zero-order chi connectivity index (χ0) is 20.3. The fraction of sp³-hybridized carbons (Fsp3) is 0.619. The second kappa shape index (κ2) is 11.6. The Kier molecular flexibility index (Phi) is 9.86. The highest BCUT2D eigenvalue weighted by atomic mass is 16.5. The molecule has 1 atom stereocenters. The van der Waals surface area contributed by atoms with Crippen LogP contribution < -0.4 is 10.1 Å². The molecule has 1 aromatic carbocycles. The molecular formula is C21H33NO5. The van der Waals surface area contributed by atoms with Crippen molar-refractivity contribution in [2.24, 2.45) is 0 Å². The summed E-state index contributed by atoms with van der Waals surface area (Å²) < 4.78 is 16.5. The van der Waals surface area contributed by atoms with Crippen LogP contribution >= 0.6 is 0 Å². The number of hydrogen-bond donors (Lipinski definition) is 1. The molecular weight excluding hydrogens is 346 g/mol. The molecule has 0 aliphatic carbocycles. The van der Waals surface area contributed by atoms with Crippen LogP contribution in [0.1, 0.15) is 70.7 Å². The molecule has 0 spiro atoms. The predicted octanol–water partition coefficient (Wildman–Crippen LogP) is 4.58. The molecule has 0 saturated carbocycles. The van der Waals surface area contributed by atoms with Crippen molar-refractivity contribution in [1.29, 1.82) is 0 Å². The summed E-state index contributed by atoms with van der Waals surface area (Å²) in [6.07, 6.45) is 3.32. The van der Waals surface area contributed by atoms with Crippen molar-refractivity contribution in [1.82, 2.24) is 0 Å². The Morgan fingerprint density at radius 3 is 2.41 bits per heavy atom. The van der Waals surface area contributed by atoms with E-state index in [4.69, 9.17) is 14.2 Å². The first kappa shape index (κ1) is 23.0. The number of rotatable bonds is 12. The number of esters is 1. The molecule has 0 bridgehead atoms. The summed E-state index contributed by atoms with van der Waals surface area (Å²) in [4.78, 5) is 25.1. The number of amides is 1. The minimum atomic E-state index is -0.910. The largest absolute Gasteiger partial charge is 0.493 e. The highest BCUT2D eigenvalue weighted by Gasteiger charge is 2.33. The molecule has 1 N–H and O–H groups in total. The zero-order valence-corrected chi connectivity index (χ0v) is 17.2. The van der Waals surface area contributed by atoms with E-state index in [0.29, 0.717) is 36.6 Å². The van der Waals surface area contributed by atoms with E-state index >= 15 is 0 Å². The Hall–Kier alpha value is -2.08. The molecule has 0 unspecified atom stereocenters. The number of nitrogens with one attached hydrogen (secondary N) is 1. The molecule has 27 heavy (non-hydrogen) atoms. The molecule has 0 fully saturated rings. The summed E-state index contributed by atoms with van der Waals surface area (Å²) in [6, 6.07) is 4.99. The number of hydrogen-bond acceptors (Lipinski definition) is 5. The van der Waals surface area contributed by atoms with E-state index in [-0.39, 0.29) is 12.5 Å². The fourth-order valence-electron chi connectivity index (χ4n) is 2.66. The average Bonchev–Trinajstić information content (AvgIpc) is 2.65. The first-order valence-corrected chi connectivity index (χ1v) is 9.81. The Balaban J connectivity index is 3.05. The van der Waals surface area contributed by atoms with Crippen LogP contribution in [0.15, 0.2) is 18.2 Å². The van der Waals surface area contributed by atoms with Gasteiger partial charge in [0.25, 0.3) is 5.91 Å². The zero-order valence-electron chi connectivity index (χ0n) is 17.2. The van der Waals surface area contributed by atoms with Crippen molar-refractivity contribution in [2.75, 3.05) is 25.1 Å². The highest BCUT2D eigenvalue weighted by Crippen LogP contribution is 2.26. The normalized spacial score (nSPS) is 12.9. The molecule has 0 saturated heterocycles. The number of carbonyl (C=O) groups excluding carboxylic acids is 2. The van der Waals surface area contributed by atoms with Gasteiger partial charge in [-0.05, 0) is 51.8 Å². The first-order valence-electron chi connectivity index (χ1n) is 9.81. The monoisotopic (exact) mass is 379 g/mol. The van der Waals surface area contributed by atoms with Crippen LogP contribution in [-0.4, -0.2) is 37.3 Å². The summed E-state index contributed by atoms with van der Waals surface area (Å²) in [7, 11) is 0. The van der Waals surface area contributed by atoms with Crippen LogP contribution in [0.25, 0.3) is 0 Å². The molecule has 0 aliphatic heterocycles. The Morgan fingerprint density at radius 1 is 1.07 bits per heavy atom. The van der Waals surface area contributed by atoms with E-state index in [2.05, 4.69) is 12.2 Å². The number of benzene rings is 1. The number of anilines is 1. The smallest absolute Gasteiger partial charge is 0.341 e. The van der Waals surface area contributed by atoms with E-state index < -0.39 is 11.6 Å². The minimum absolute atomic E-state index is 0.227. The quantitative estimate of drug-likeness (QED) is 0.538. The maximum atomic E-state index is 12.8. The lowest BCUT2D eigenvalue weighted by atomic mass is 9.97. The van der Waals surface area contributed by atoms with Gasteiger partial charge in [0.05, 0.1) is 13.2 Å². The number of unbranched alkanes of at least 4 members (excludes halogenated alkanes) is 1. The van der Waals surface area contributed by atoms with Gasteiger partial charge >= 0.3 is 5.97 Å². The lowest BCUT2D eigenvalue weighted by Crippen LogP contribution is -2.42. The van der Waals surface area contributed by atoms with Crippen molar-refractivity contribution in [3.05, 3.63) is 23.8 Å². The Morgan fingerprint density at radius 2 is 1.81 bits per heavy atom. The van der Waals surface area contributed by atoms with Crippen LogP contribution in [-0.2, 0) is 14.3 Å².